The van der Waals surface area contributed by atoms with E-state index in [0.29, 0.717) is 36.7 Å². The number of aromatic nitrogens is 3. The van der Waals surface area contributed by atoms with Gasteiger partial charge in [0.15, 0.2) is 29.4 Å². The molecule has 4 heterocycles. The second kappa shape index (κ2) is 11.6. The quantitative estimate of drug-likeness (QED) is 0.105. The van der Waals surface area contributed by atoms with E-state index in [9.17, 15) is 19.5 Å². The number of oxime groups is 1. The highest BCUT2D eigenvalue weighted by Gasteiger charge is 2.53. The van der Waals surface area contributed by atoms with Gasteiger partial charge in [0.1, 0.15) is 23.7 Å². The summed E-state index contributed by atoms with van der Waals surface area (Å²) in [7, 11) is 0. The van der Waals surface area contributed by atoms with Crippen molar-refractivity contribution in [3.05, 3.63) is 40.9 Å². The summed E-state index contributed by atoms with van der Waals surface area (Å²) in [5, 5.41) is 22.9. The number of hydrogen-bond acceptors (Lipinski definition) is 12. The number of nitrogen functional groups attached to an aromatic ring is 1. The number of carboxylic acid groups (broad SMARTS) is 1. The van der Waals surface area contributed by atoms with Gasteiger partial charge in [-0.05, 0) is 13.3 Å². The van der Waals surface area contributed by atoms with Gasteiger partial charge >= 0.3 is 0 Å². The molecular weight excluding hydrogens is 520 g/mol. The maximum absolute atomic E-state index is 13.0. The van der Waals surface area contributed by atoms with Crippen molar-refractivity contribution >= 4 is 57.5 Å². The standard InChI is InChI=1S/C22H26N8O5S2/c1-3-7-35-28-15(13-11-37-22(23)26-13)18(31)27-16-19(32)30-17(21(33)34)12(10-36-20(16)30)8-29-6-5-25-14(9-29)24-4-2/h5-6,9,11,16,20H,3-4,7-8,10H2,1-2H3,(H4-,23,24,25,26,27,31,33,34)/t16?,20-/m0/s1. The van der Waals surface area contributed by atoms with Crippen molar-refractivity contribution in [2.75, 3.05) is 30.0 Å². The molecule has 37 heavy (non-hydrogen) atoms. The molecule has 0 radical (unpaired) electrons. The van der Waals surface area contributed by atoms with Crippen LogP contribution in [0.5, 0.6) is 0 Å². The summed E-state index contributed by atoms with van der Waals surface area (Å²) >= 11 is 2.49. The van der Waals surface area contributed by atoms with Crippen LogP contribution < -0.4 is 26.0 Å². The summed E-state index contributed by atoms with van der Waals surface area (Å²) < 4.78 is 1.78. The van der Waals surface area contributed by atoms with Crippen LogP contribution in [0.2, 0.25) is 0 Å². The van der Waals surface area contributed by atoms with Crippen molar-refractivity contribution in [1.29, 1.82) is 0 Å². The van der Waals surface area contributed by atoms with Crippen molar-refractivity contribution in [3.8, 4) is 0 Å². The minimum Gasteiger partial charge on any atom is -0.543 e. The molecule has 2 aliphatic heterocycles. The summed E-state index contributed by atoms with van der Waals surface area (Å²) in [5.41, 5.74) is 6.14. The number of anilines is 2. The molecule has 4 N–H and O–H groups in total. The van der Waals surface area contributed by atoms with E-state index in [1.165, 1.54) is 16.7 Å². The van der Waals surface area contributed by atoms with Crippen LogP contribution in [-0.4, -0.2) is 68.7 Å². The number of thioether (sulfide) groups is 1. The van der Waals surface area contributed by atoms with Crippen molar-refractivity contribution in [2.24, 2.45) is 5.16 Å². The van der Waals surface area contributed by atoms with Crippen LogP contribution in [0.15, 0.2) is 40.4 Å². The van der Waals surface area contributed by atoms with Gasteiger partial charge in [-0.2, -0.15) is 4.57 Å². The van der Waals surface area contributed by atoms with Gasteiger partial charge in [-0.25, -0.2) is 9.97 Å². The first kappa shape index (κ1) is 26.3. The van der Waals surface area contributed by atoms with Gasteiger partial charge in [0, 0.05) is 23.3 Å². The molecule has 0 aromatic carbocycles. The van der Waals surface area contributed by atoms with E-state index in [1.807, 2.05) is 13.8 Å². The number of carbonyl (C=O) groups excluding carboxylic acids is 3. The Kier molecular flexibility index (Phi) is 8.23. The Morgan fingerprint density at radius 2 is 2.22 bits per heavy atom. The number of fused-ring (bicyclic) bond motifs is 1. The van der Waals surface area contributed by atoms with Gasteiger partial charge in [0.05, 0.1) is 17.9 Å². The molecule has 1 saturated heterocycles. The van der Waals surface area contributed by atoms with Gasteiger partial charge in [0.2, 0.25) is 6.20 Å². The molecule has 0 bridgehead atoms. The largest absolute Gasteiger partial charge is 0.543 e. The molecule has 0 saturated carbocycles. The SMILES string of the molecule is CCCON=C(C(=O)NC1C(=O)N2C(C(=O)[O-])=C(C[n+]3ccnc(NCC)c3)CS[C@@H]12)c1csc(N)n1. The zero-order valence-corrected chi connectivity index (χ0v) is 21.8. The summed E-state index contributed by atoms with van der Waals surface area (Å²) in [6, 6.07) is -0.949. The Labute approximate surface area is 220 Å². The highest BCUT2D eigenvalue weighted by molar-refractivity contribution is 8.00. The lowest BCUT2D eigenvalue weighted by Gasteiger charge is -2.50. The van der Waals surface area contributed by atoms with Crippen molar-refractivity contribution in [3.63, 3.8) is 0 Å². The first-order valence-electron chi connectivity index (χ1n) is 11.5. The predicted octanol–water partition coefficient (Wildman–Crippen LogP) is -0.926. The number of amides is 2. The molecule has 2 atom stereocenters. The molecule has 0 aliphatic carbocycles. The number of rotatable bonds is 11. The van der Waals surface area contributed by atoms with Crippen LogP contribution in [0.25, 0.3) is 0 Å². The van der Waals surface area contributed by atoms with Gasteiger partial charge in [-0.15, -0.1) is 23.1 Å². The number of thiazole rings is 1. The molecule has 4 rings (SSSR count). The highest BCUT2D eigenvalue weighted by Crippen LogP contribution is 2.40. The predicted molar refractivity (Wildman–Crippen MR) is 135 cm³/mol. The van der Waals surface area contributed by atoms with Crippen LogP contribution in [0.1, 0.15) is 26.0 Å². The molecule has 13 nitrogen and oxygen atoms in total. The topological polar surface area (TPSA) is 179 Å². The lowest BCUT2D eigenvalue weighted by atomic mass is 10.0. The van der Waals surface area contributed by atoms with Crippen LogP contribution >= 0.6 is 23.1 Å². The molecule has 0 spiro atoms. The normalized spacial score (nSPS) is 19.2. The van der Waals surface area contributed by atoms with Crippen LogP contribution in [-0.2, 0) is 25.8 Å². The summed E-state index contributed by atoms with van der Waals surface area (Å²) in [4.78, 5) is 52.8. The lowest BCUT2D eigenvalue weighted by Crippen LogP contribution is -2.71. The maximum Gasteiger partial charge on any atom is 0.276 e. The molecular formula is C22H26N8O5S2. The highest BCUT2D eigenvalue weighted by atomic mass is 32.2. The number of β-lactam (4-membered cyclic amide) rings is 1. The van der Waals surface area contributed by atoms with E-state index in [1.54, 1.807) is 28.5 Å². The Morgan fingerprint density at radius 1 is 1.41 bits per heavy atom. The number of carboxylic acids is 1. The van der Waals surface area contributed by atoms with Crippen LogP contribution in [0, 0.1) is 0 Å². The van der Waals surface area contributed by atoms with E-state index in [0.717, 1.165) is 11.3 Å². The van der Waals surface area contributed by atoms with Crippen LogP contribution in [0.3, 0.4) is 0 Å². The lowest BCUT2D eigenvalue weighted by molar-refractivity contribution is -0.688. The monoisotopic (exact) mass is 546 g/mol. The fraction of sp³-hybridized carbons (Fsp3) is 0.409. The van der Waals surface area contributed by atoms with Crippen LogP contribution in [0.4, 0.5) is 10.9 Å². The van der Waals surface area contributed by atoms with E-state index in [2.05, 4.69) is 25.8 Å². The molecule has 15 heteroatoms. The first-order valence-corrected chi connectivity index (χ1v) is 13.5. The number of nitrogens with zero attached hydrogens (tertiary/aromatic N) is 5. The van der Waals surface area contributed by atoms with Crippen molar-refractivity contribution < 1.29 is 28.9 Å². The molecule has 1 unspecified atom stereocenters. The number of hydrogen-bond donors (Lipinski definition) is 3. The first-order chi connectivity index (χ1) is 17.8. The third-order valence-electron chi connectivity index (χ3n) is 5.45. The molecule has 196 valence electrons. The van der Waals surface area contributed by atoms with E-state index < -0.39 is 29.2 Å². The average Bonchev–Trinajstić information content (AvgIpc) is 3.30. The van der Waals surface area contributed by atoms with E-state index >= 15 is 0 Å². The van der Waals surface area contributed by atoms with E-state index in [-0.39, 0.29) is 28.8 Å². The minimum absolute atomic E-state index is 0.115. The summed E-state index contributed by atoms with van der Waals surface area (Å²) in [6.07, 6.45) is 5.76. The fourth-order valence-electron chi connectivity index (χ4n) is 3.83. The molecule has 2 amide bonds. The Morgan fingerprint density at radius 3 is 2.89 bits per heavy atom. The second-order valence-corrected chi connectivity index (χ2v) is 10.1. The smallest absolute Gasteiger partial charge is 0.276 e. The zero-order chi connectivity index (χ0) is 26.5. The second-order valence-electron chi connectivity index (χ2n) is 8.09. The minimum atomic E-state index is -1.45. The summed E-state index contributed by atoms with van der Waals surface area (Å²) in [5.74, 6) is -1.70. The zero-order valence-electron chi connectivity index (χ0n) is 20.2. The van der Waals surface area contributed by atoms with Crippen molar-refractivity contribution in [1.82, 2.24) is 20.2 Å². The van der Waals surface area contributed by atoms with Crippen molar-refractivity contribution in [2.45, 2.75) is 38.2 Å². The Bertz CT molecular complexity index is 1260. The Hall–Kier alpha value is -3.72. The maximum atomic E-state index is 13.0. The number of carbonyl (C=O) groups is 3. The summed E-state index contributed by atoms with van der Waals surface area (Å²) in [6.45, 7) is 5.05. The Balaban J connectivity index is 1.52. The third-order valence-corrected chi connectivity index (χ3v) is 7.46. The van der Waals surface area contributed by atoms with Gasteiger partial charge in [-0.1, -0.05) is 12.1 Å². The molecule has 2 aromatic heterocycles. The fourth-order valence-corrected chi connectivity index (χ4v) is 5.71. The third kappa shape index (κ3) is 5.67. The molecule has 2 aliphatic rings. The number of nitrogens with one attached hydrogen (secondary N) is 2. The van der Waals surface area contributed by atoms with E-state index in [4.69, 9.17) is 10.6 Å². The average molecular weight is 547 g/mol. The van der Waals surface area contributed by atoms with Gasteiger partial charge < -0.3 is 31.1 Å². The van der Waals surface area contributed by atoms with Gasteiger partial charge in [0.25, 0.3) is 11.8 Å². The van der Waals surface area contributed by atoms with Gasteiger partial charge in [-0.3, -0.25) is 14.5 Å². The number of aliphatic carboxylic acids is 1. The number of nitrogens with two attached hydrogens (primary N) is 1. The molecule has 1 fully saturated rings. The molecule has 2 aromatic rings.